The van der Waals surface area contributed by atoms with E-state index in [1.807, 2.05) is 6.92 Å². The number of esters is 1. The largest absolute Gasteiger partial charge is 0.463 e. The normalized spacial score (nSPS) is 44.0. The molecule has 2 unspecified atom stereocenters. The van der Waals surface area contributed by atoms with Crippen LogP contribution in [0.25, 0.3) is 0 Å². The topological polar surface area (TPSA) is 80.8 Å². The minimum Gasteiger partial charge on any atom is -0.463 e. The van der Waals surface area contributed by atoms with E-state index in [0.29, 0.717) is 43.5 Å². The number of Topliss-reactive ketones (excluding diaryl/α,β-unsaturated/α-hetero) is 1. The number of likely N-dealkylation sites (N-methyl/N-ethyl adjacent to an activating group) is 1. The maximum Gasteiger partial charge on any atom is 0.319 e. The lowest BCUT2D eigenvalue weighted by Crippen LogP contribution is -2.55. The summed E-state index contributed by atoms with van der Waals surface area (Å²) < 4.78 is 25.5. The van der Waals surface area contributed by atoms with E-state index in [0.717, 1.165) is 25.8 Å². The molecular weight excluding hydrogens is 546 g/mol. The Morgan fingerprint density at radius 1 is 0.953 bits per heavy atom. The molecule has 248 valence electrons. The van der Waals surface area contributed by atoms with E-state index in [-0.39, 0.29) is 23.8 Å². The SMILES string of the molecule is CO[C@]1(C)C[C@@H](C)CN(C)C(C2C[C@H]3CC[C@@H](C2)N3C)COC(=O)C(C)(C)C(=O)[C@H](C)[C@H]1O[C@H]1C[C@@H](N(C)C)C[C@@H](C)O1. The molecular formula is C34H61N3O6. The van der Waals surface area contributed by atoms with Crippen molar-refractivity contribution in [1.29, 1.82) is 0 Å². The third-order valence-corrected chi connectivity index (χ3v) is 11.5. The summed E-state index contributed by atoms with van der Waals surface area (Å²) in [7, 11) is 10.3. The molecule has 0 amide bonds. The number of carbonyl (C=O) groups excluding carboxylic acids is 2. The van der Waals surface area contributed by atoms with Crippen LogP contribution in [0.15, 0.2) is 0 Å². The molecule has 4 rings (SSSR count). The zero-order valence-corrected chi connectivity index (χ0v) is 28.9. The van der Waals surface area contributed by atoms with E-state index in [1.54, 1.807) is 21.0 Å². The number of methoxy groups -OCH3 is 1. The van der Waals surface area contributed by atoms with Gasteiger partial charge in [-0.25, -0.2) is 0 Å². The first-order valence-corrected chi connectivity index (χ1v) is 16.7. The summed E-state index contributed by atoms with van der Waals surface area (Å²) >= 11 is 0. The third kappa shape index (κ3) is 7.49. The van der Waals surface area contributed by atoms with Gasteiger partial charge in [0.15, 0.2) is 12.1 Å². The molecule has 4 heterocycles. The molecule has 0 saturated carbocycles. The first kappa shape index (κ1) is 34.8. The molecule has 0 aromatic carbocycles. The first-order chi connectivity index (χ1) is 20.1. The lowest BCUT2D eigenvalue weighted by molar-refractivity contribution is -0.263. The summed E-state index contributed by atoms with van der Waals surface area (Å²) in [6.07, 6.45) is 6.02. The standard InChI is InChI=1S/C34H61N3O6/c1-21-18-34(6,40-11)31(43-29-17-27(35(7)8)14-22(2)42-29)23(3)30(38)33(4,5)32(39)41-20-28(36(9)19-21)24-15-25-12-13-26(16-24)37(25)10/h21-29,31H,12-20H2,1-11H3/t21-,22-,23+,24?,25-,26+,27+,28?,29+,31-,34-/m1/s1. The van der Waals surface area contributed by atoms with Crippen molar-refractivity contribution < 1.29 is 28.5 Å². The smallest absolute Gasteiger partial charge is 0.319 e. The van der Waals surface area contributed by atoms with Crippen LogP contribution in [0.1, 0.15) is 86.5 Å². The number of cyclic esters (lactones) is 1. The Labute approximate surface area is 261 Å². The fourth-order valence-corrected chi connectivity index (χ4v) is 8.77. The molecule has 0 radical (unpaired) electrons. The average Bonchev–Trinajstić information content (AvgIpc) is 3.13. The van der Waals surface area contributed by atoms with Gasteiger partial charge >= 0.3 is 5.97 Å². The van der Waals surface area contributed by atoms with Gasteiger partial charge in [0.25, 0.3) is 0 Å². The predicted molar refractivity (Wildman–Crippen MR) is 168 cm³/mol. The van der Waals surface area contributed by atoms with E-state index in [1.165, 1.54) is 12.8 Å². The third-order valence-electron chi connectivity index (χ3n) is 11.5. The molecule has 2 bridgehead atoms. The van der Waals surface area contributed by atoms with Crippen LogP contribution in [0.3, 0.4) is 0 Å². The summed E-state index contributed by atoms with van der Waals surface area (Å²) in [6, 6.07) is 1.61. The monoisotopic (exact) mass is 607 g/mol. The van der Waals surface area contributed by atoms with Crippen molar-refractivity contribution in [3.05, 3.63) is 0 Å². The summed E-state index contributed by atoms with van der Waals surface area (Å²) in [6.45, 7) is 12.8. The fraction of sp³-hybridized carbons (Fsp3) is 0.941. The van der Waals surface area contributed by atoms with Gasteiger partial charge in [-0.05, 0) is 106 Å². The number of hydrogen-bond donors (Lipinski definition) is 0. The number of ketones is 1. The highest BCUT2D eigenvalue weighted by Crippen LogP contribution is 2.42. The Morgan fingerprint density at radius 3 is 2.16 bits per heavy atom. The molecule has 0 aromatic rings. The van der Waals surface area contributed by atoms with E-state index >= 15 is 0 Å². The minimum absolute atomic E-state index is 0.0338. The lowest BCUT2D eigenvalue weighted by Gasteiger charge is -2.46. The molecule has 11 atom stereocenters. The first-order valence-electron chi connectivity index (χ1n) is 16.7. The quantitative estimate of drug-likeness (QED) is 0.337. The molecule has 0 aromatic heterocycles. The highest BCUT2D eigenvalue weighted by Gasteiger charge is 2.51. The maximum atomic E-state index is 14.2. The average molecular weight is 608 g/mol. The van der Waals surface area contributed by atoms with Crippen molar-refractivity contribution in [3.63, 3.8) is 0 Å². The van der Waals surface area contributed by atoms with Gasteiger partial charge in [0.1, 0.15) is 12.0 Å². The van der Waals surface area contributed by atoms with Gasteiger partial charge < -0.3 is 28.7 Å². The molecule has 0 spiro atoms. The van der Waals surface area contributed by atoms with E-state index < -0.39 is 35.3 Å². The second-order valence-electron chi connectivity index (χ2n) is 15.5. The number of ether oxygens (including phenoxy) is 4. The molecule has 0 aliphatic carbocycles. The van der Waals surface area contributed by atoms with Crippen molar-refractivity contribution in [2.75, 3.05) is 48.5 Å². The molecule has 4 aliphatic rings. The second kappa shape index (κ2) is 13.7. The Bertz CT molecular complexity index is 962. The van der Waals surface area contributed by atoms with E-state index in [4.69, 9.17) is 18.9 Å². The summed E-state index contributed by atoms with van der Waals surface area (Å²) in [5.74, 6) is -0.565. The summed E-state index contributed by atoms with van der Waals surface area (Å²) in [4.78, 5) is 35.1. The van der Waals surface area contributed by atoms with Crippen molar-refractivity contribution >= 4 is 11.8 Å². The zero-order valence-electron chi connectivity index (χ0n) is 28.9. The van der Waals surface area contributed by atoms with E-state index in [9.17, 15) is 9.59 Å². The number of hydrogen-bond acceptors (Lipinski definition) is 9. The summed E-state index contributed by atoms with van der Waals surface area (Å²) in [5.41, 5.74) is -2.10. The Morgan fingerprint density at radius 2 is 1.58 bits per heavy atom. The molecule has 9 nitrogen and oxygen atoms in total. The Kier molecular flexibility index (Phi) is 11.1. The van der Waals surface area contributed by atoms with Crippen LogP contribution in [-0.2, 0) is 28.5 Å². The maximum absolute atomic E-state index is 14.2. The van der Waals surface area contributed by atoms with Crippen molar-refractivity contribution in [2.24, 2.45) is 23.2 Å². The number of rotatable bonds is 5. The van der Waals surface area contributed by atoms with Crippen molar-refractivity contribution in [3.8, 4) is 0 Å². The van der Waals surface area contributed by atoms with Crippen LogP contribution in [0, 0.1) is 23.2 Å². The number of fused-ring (bicyclic) bond motifs is 2. The predicted octanol–water partition coefficient (Wildman–Crippen LogP) is 4.22. The number of piperidine rings is 1. The van der Waals surface area contributed by atoms with Crippen LogP contribution in [-0.4, -0.2) is 123 Å². The van der Waals surface area contributed by atoms with Gasteiger partial charge in [0.2, 0.25) is 0 Å². The highest BCUT2D eigenvalue weighted by atomic mass is 16.7. The Balaban J connectivity index is 1.64. The molecule has 4 saturated heterocycles. The van der Waals surface area contributed by atoms with Gasteiger partial charge in [0, 0.05) is 50.2 Å². The lowest BCUT2D eigenvalue weighted by atomic mass is 9.74. The van der Waals surface area contributed by atoms with Gasteiger partial charge in [0.05, 0.1) is 17.8 Å². The summed E-state index contributed by atoms with van der Waals surface area (Å²) in [5, 5.41) is 0. The number of carbonyl (C=O) groups is 2. The van der Waals surface area contributed by atoms with Gasteiger partial charge in [-0.3, -0.25) is 14.5 Å². The molecule has 0 N–H and O–H groups in total. The molecule has 4 fully saturated rings. The molecule has 43 heavy (non-hydrogen) atoms. The fourth-order valence-electron chi connectivity index (χ4n) is 8.77. The van der Waals surface area contributed by atoms with Crippen LogP contribution < -0.4 is 0 Å². The van der Waals surface area contributed by atoms with Crippen LogP contribution in [0.2, 0.25) is 0 Å². The van der Waals surface area contributed by atoms with Crippen molar-refractivity contribution in [2.45, 2.75) is 135 Å². The number of nitrogens with zero attached hydrogens (tertiary/aromatic N) is 3. The van der Waals surface area contributed by atoms with Gasteiger partial charge in [-0.2, -0.15) is 0 Å². The minimum atomic E-state index is -1.32. The van der Waals surface area contributed by atoms with Crippen molar-refractivity contribution in [1.82, 2.24) is 14.7 Å². The Hall–Kier alpha value is -1.10. The van der Waals surface area contributed by atoms with Gasteiger partial charge in [-0.1, -0.05) is 13.8 Å². The second-order valence-corrected chi connectivity index (χ2v) is 15.5. The van der Waals surface area contributed by atoms with Gasteiger partial charge in [-0.15, -0.1) is 0 Å². The highest BCUT2D eigenvalue weighted by molar-refractivity contribution is 6.04. The zero-order chi connectivity index (χ0) is 31.9. The van der Waals surface area contributed by atoms with Crippen LogP contribution in [0.5, 0.6) is 0 Å². The molecule has 9 heteroatoms. The molecule has 4 aliphatic heterocycles. The van der Waals surface area contributed by atoms with Crippen LogP contribution >= 0.6 is 0 Å². The van der Waals surface area contributed by atoms with E-state index in [2.05, 4.69) is 63.7 Å². The van der Waals surface area contributed by atoms with Crippen LogP contribution in [0.4, 0.5) is 0 Å².